The highest BCUT2D eigenvalue weighted by atomic mass is 32.1. The van der Waals surface area contributed by atoms with Crippen molar-refractivity contribution in [1.29, 1.82) is 0 Å². The van der Waals surface area contributed by atoms with Gasteiger partial charge in [-0.15, -0.1) is 11.3 Å². The van der Waals surface area contributed by atoms with E-state index in [0.29, 0.717) is 31.5 Å². The first kappa shape index (κ1) is 14.1. The molecule has 112 valence electrons. The molecule has 6 nitrogen and oxygen atoms in total. The maximum atomic E-state index is 11.7. The molecule has 0 spiro atoms. The number of hydrogen-bond donors (Lipinski definition) is 0. The Morgan fingerprint density at radius 2 is 2.29 bits per heavy atom. The summed E-state index contributed by atoms with van der Waals surface area (Å²) < 4.78 is 10.9. The summed E-state index contributed by atoms with van der Waals surface area (Å²) in [6.07, 6.45) is -0.288. The smallest absolute Gasteiger partial charge is 0.410 e. The van der Waals surface area contributed by atoms with E-state index in [-0.39, 0.29) is 12.2 Å². The zero-order valence-corrected chi connectivity index (χ0v) is 12.8. The van der Waals surface area contributed by atoms with Crippen LogP contribution in [0.3, 0.4) is 0 Å². The molecular weight excluding hydrogens is 290 g/mol. The molecule has 1 fully saturated rings. The monoisotopic (exact) mass is 307 g/mol. The third kappa shape index (κ3) is 3.24. The van der Waals surface area contributed by atoms with E-state index in [1.54, 1.807) is 10.4 Å². The van der Waals surface area contributed by atoms with Gasteiger partial charge >= 0.3 is 6.09 Å². The van der Waals surface area contributed by atoms with E-state index < -0.39 is 0 Å². The molecule has 0 saturated carbocycles. The average Bonchev–Trinajstić information content (AvgIpc) is 2.87. The average molecular weight is 307 g/mol. The van der Waals surface area contributed by atoms with Crippen LogP contribution < -0.4 is 4.74 Å². The molecule has 1 amide bonds. The zero-order valence-electron chi connectivity index (χ0n) is 12.0. The minimum Gasteiger partial charge on any atom is -0.471 e. The second-order valence-electron chi connectivity index (χ2n) is 5.44. The molecule has 0 unspecified atom stereocenters. The number of fused-ring (bicyclic) bond motifs is 1. The molecule has 0 aliphatic carbocycles. The topological polar surface area (TPSA) is 64.5 Å². The van der Waals surface area contributed by atoms with Crippen molar-refractivity contribution in [2.45, 2.75) is 20.0 Å². The first-order chi connectivity index (χ1) is 10.1. The maximum Gasteiger partial charge on any atom is 0.410 e. The normalized spacial score (nSPS) is 15.3. The van der Waals surface area contributed by atoms with Crippen molar-refractivity contribution in [3.05, 3.63) is 17.6 Å². The molecule has 0 N–H and O–H groups in total. The number of aromatic nitrogens is 2. The number of hydrogen-bond acceptors (Lipinski definition) is 6. The van der Waals surface area contributed by atoms with Crippen LogP contribution in [0, 0.1) is 5.92 Å². The van der Waals surface area contributed by atoms with Gasteiger partial charge in [-0.05, 0) is 12.0 Å². The highest BCUT2D eigenvalue weighted by molar-refractivity contribution is 7.16. The third-order valence-corrected chi connectivity index (χ3v) is 3.84. The quantitative estimate of drug-likeness (QED) is 0.868. The van der Waals surface area contributed by atoms with Gasteiger partial charge < -0.3 is 14.4 Å². The minimum atomic E-state index is -0.269. The molecule has 0 bridgehead atoms. The van der Waals surface area contributed by atoms with E-state index in [0.717, 1.165) is 10.3 Å². The first-order valence-corrected chi connectivity index (χ1v) is 7.78. The molecule has 0 aromatic carbocycles. The van der Waals surface area contributed by atoms with Gasteiger partial charge in [0.05, 0.1) is 25.2 Å². The van der Waals surface area contributed by atoms with Crippen LogP contribution in [0.15, 0.2) is 17.6 Å². The van der Waals surface area contributed by atoms with Crippen LogP contribution >= 0.6 is 11.3 Å². The molecule has 2 aromatic rings. The fourth-order valence-corrected chi connectivity index (χ4v) is 2.61. The summed E-state index contributed by atoms with van der Waals surface area (Å²) in [5.74, 6) is 0.921. The molecule has 3 heterocycles. The number of rotatable bonds is 4. The summed E-state index contributed by atoms with van der Waals surface area (Å²) in [6, 6.07) is 3.70. The van der Waals surface area contributed by atoms with Gasteiger partial charge in [0.1, 0.15) is 16.5 Å². The summed E-state index contributed by atoms with van der Waals surface area (Å²) in [5, 5.41) is 0. The van der Waals surface area contributed by atoms with Crippen LogP contribution in [0.4, 0.5) is 4.79 Å². The van der Waals surface area contributed by atoms with Gasteiger partial charge in [0.2, 0.25) is 5.88 Å². The fourth-order valence-electron chi connectivity index (χ4n) is 1.96. The van der Waals surface area contributed by atoms with Crippen LogP contribution in [0.25, 0.3) is 10.3 Å². The second kappa shape index (κ2) is 5.85. The molecule has 2 aromatic heterocycles. The SMILES string of the molecule is CC(C)COC(=O)N1CC(Oc2ccc3ncsc3n2)C1. The van der Waals surface area contributed by atoms with Gasteiger partial charge in [0.25, 0.3) is 0 Å². The van der Waals surface area contributed by atoms with Crippen molar-refractivity contribution in [3.8, 4) is 5.88 Å². The Kier molecular flexibility index (Phi) is 3.92. The fraction of sp³-hybridized carbons (Fsp3) is 0.500. The zero-order chi connectivity index (χ0) is 14.8. The largest absolute Gasteiger partial charge is 0.471 e. The number of pyridine rings is 1. The van der Waals surface area contributed by atoms with Crippen LogP contribution in [-0.4, -0.2) is 46.8 Å². The Bertz CT molecular complexity index is 637. The van der Waals surface area contributed by atoms with Crippen LogP contribution in [0.1, 0.15) is 13.8 Å². The van der Waals surface area contributed by atoms with Crippen molar-refractivity contribution in [2.75, 3.05) is 19.7 Å². The molecule has 0 radical (unpaired) electrons. The highest BCUT2D eigenvalue weighted by Crippen LogP contribution is 2.22. The Labute approximate surface area is 126 Å². The van der Waals surface area contributed by atoms with Gasteiger partial charge in [-0.2, -0.15) is 0 Å². The van der Waals surface area contributed by atoms with E-state index in [1.165, 1.54) is 11.3 Å². The molecule has 1 aliphatic rings. The lowest BCUT2D eigenvalue weighted by molar-refractivity contribution is 0.00634. The van der Waals surface area contributed by atoms with Crippen LogP contribution in [0.5, 0.6) is 5.88 Å². The Morgan fingerprint density at radius 1 is 1.48 bits per heavy atom. The molecule has 3 rings (SSSR count). The highest BCUT2D eigenvalue weighted by Gasteiger charge is 2.33. The summed E-state index contributed by atoms with van der Waals surface area (Å²) in [4.78, 5) is 22.8. The molecule has 21 heavy (non-hydrogen) atoms. The Hall–Kier alpha value is -1.89. The maximum absolute atomic E-state index is 11.7. The third-order valence-electron chi connectivity index (χ3n) is 3.10. The number of carbonyl (C=O) groups excluding carboxylic acids is 1. The number of ether oxygens (including phenoxy) is 2. The lowest BCUT2D eigenvalue weighted by Gasteiger charge is -2.37. The summed E-state index contributed by atoms with van der Waals surface area (Å²) in [7, 11) is 0. The molecule has 1 aliphatic heterocycles. The number of nitrogens with zero attached hydrogens (tertiary/aromatic N) is 3. The van der Waals surface area contributed by atoms with E-state index in [1.807, 2.05) is 26.0 Å². The number of carbonyl (C=O) groups is 1. The van der Waals surface area contributed by atoms with E-state index in [2.05, 4.69) is 9.97 Å². The Balaban J connectivity index is 1.49. The van der Waals surface area contributed by atoms with E-state index in [9.17, 15) is 4.79 Å². The number of likely N-dealkylation sites (tertiary alicyclic amines) is 1. The van der Waals surface area contributed by atoms with Crippen molar-refractivity contribution in [3.63, 3.8) is 0 Å². The molecule has 1 saturated heterocycles. The van der Waals surface area contributed by atoms with Gasteiger partial charge in [-0.1, -0.05) is 13.8 Å². The van der Waals surface area contributed by atoms with Crippen molar-refractivity contribution in [2.24, 2.45) is 5.92 Å². The summed E-state index contributed by atoms with van der Waals surface area (Å²) >= 11 is 1.48. The first-order valence-electron chi connectivity index (χ1n) is 6.90. The summed E-state index contributed by atoms with van der Waals surface area (Å²) in [6.45, 7) is 5.55. The van der Waals surface area contributed by atoms with Gasteiger partial charge in [-0.3, -0.25) is 0 Å². The summed E-state index contributed by atoms with van der Waals surface area (Å²) in [5.41, 5.74) is 2.64. The van der Waals surface area contributed by atoms with Crippen molar-refractivity contribution < 1.29 is 14.3 Å². The second-order valence-corrected chi connectivity index (χ2v) is 6.27. The standard InChI is InChI=1S/C14H17N3O3S/c1-9(2)7-19-14(18)17-5-10(6-17)20-12-4-3-11-13(16-12)21-8-15-11/h3-4,8-10H,5-7H2,1-2H3. The van der Waals surface area contributed by atoms with Crippen LogP contribution in [-0.2, 0) is 4.74 Å². The molecular formula is C14H17N3O3S. The molecule has 0 atom stereocenters. The number of amides is 1. The van der Waals surface area contributed by atoms with E-state index in [4.69, 9.17) is 9.47 Å². The molecule has 7 heteroatoms. The van der Waals surface area contributed by atoms with E-state index >= 15 is 0 Å². The number of thiazole rings is 1. The predicted octanol–water partition coefficient (Wildman–Crippen LogP) is 2.55. The minimum absolute atomic E-state index is 0.0190. The lowest BCUT2D eigenvalue weighted by Crippen LogP contribution is -2.56. The Morgan fingerprint density at radius 3 is 3.05 bits per heavy atom. The van der Waals surface area contributed by atoms with Crippen molar-refractivity contribution in [1.82, 2.24) is 14.9 Å². The van der Waals surface area contributed by atoms with Gasteiger partial charge in [0, 0.05) is 6.07 Å². The van der Waals surface area contributed by atoms with Gasteiger partial charge in [0.15, 0.2) is 0 Å². The van der Waals surface area contributed by atoms with Crippen LogP contribution in [0.2, 0.25) is 0 Å². The van der Waals surface area contributed by atoms with Gasteiger partial charge in [-0.25, -0.2) is 14.8 Å². The van der Waals surface area contributed by atoms with Crippen molar-refractivity contribution >= 4 is 27.8 Å². The predicted molar refractivity (Wildman–Crippen MR) is 79.6 cm³/mol. The lowest BCUT2D eigenvalue weighted by atomic mass is 10.2.